The number of nitrogens with zero attached hydrogens (tertiary/aromatic N) is 7. The number of urea groups is 1. The molecular weight excluding hydrogens is 612 g/mol. The molecule has 4 aromatic heterocycles. The van der Waals surface area contributed by atoms with Crippen molar-refractivity contribution in [3.05, 3.63) is 67.7 Å². The topological polar surface area (TPSA) is 143 Å². The van der Waals surface area contributed by atoms with E-state index < -0.39 is 28.5 Å². The van der Waals surface area contributed by atoms with Gasteiger partial charge >= 0.3 is 12.0 Å². The van der Waals surface area contributed by atoms with Crippen molar-refractivity contribution >= 4 is 57.1 Å². The van der Waals surface area contributed by atoms with Gasteiger partial charge in [-0.2, -0.15) is 0 Å². The molecule has 1 fully saturated rings. The van der Waals surface area contributed by atoms with Crippen molar-refractivity contribution in [2.24, 2.45) is 0 Å². The molecule has 0 radical (unpaired) electrons. The van der Waals surface area contributed by atoms with Crippen molar-refractivity contribution in [1.82, 2.24) is 29.2 Å². The number of amides is 2. The molecule has 0 saturated carbocycles. The highest BCUT2D eigenvalue weighted by Gasteiger charge is 2.24. The number of hydrogen-bond acceptors (Lipinski definition) is 9. The van der Waals surface area contributed by atoms with Crippen LogP contribution in [0.5, 0.6) is 0 Å². The van der Waals surface area contributed by atoms with Crippen molar-refractivity contribution in [2.75, 3.05) is 48.8 Å². The number of hydrogen-bond donors (Lipinski definition) is 2. The van der Waals surface area contributed by atoms with Crippen LogP contribution in [0.1, 0.15) is 13.8 Å². The SMILES string of the molecule is CCn1cc(NC(=O)Nc2nnc(-c3cn(CC)c4nc(N5CCN(C)CC5)c(F)cc4c3=O)o2)c(=O)c2cc(F)c(Cl)cc21. The maximum absolute atomic E-state index is 15.3. The Morgan fingerprint density at radius 3 is 2.36 bits per heavy atom. The molecule has 2 N–H and O–H groups in total. The lowest BCUT2D eigenvalue weighted by Crippen LogP contribution is -2.45. The van der Waals surface area contributed by atoms with Crippen LogP contribution in [-0.2, 0) is 13.1 Å². The number of likely N-dealkylation sites (N-methyl/N-ethyl adjacent to an activating group) is 1. The predicted molar refractivity (Wildman–Crippen MR) is 166 cm³/mol. The first-order chi connectivity index (χ1) is 21.6. The Kier molecular flexibility index (Phi) is 7.97. The molecule has 1 aromatic carbocycles. The molecule has 6 rings (SSSR count). The lowest BCUT2D eigenvalue weighted by molar-refractivity contribution is 0.261. The molecule has 0 atom stereocenters. The Labute approximate surface area is 259 Å². The van der Waals surface area contributed by atoms with Crippen LogP contribution in [0.25, 0.3) is 33.4 Å². The number of anilines is 3. The van der Waals surface area contributed by atoms with Gasteiger partial charge in [-0.25, -0.2) is 18.6 Å². The molecule has 1 aliphatic rings. The molecule has 1 aliphatic heterocycles. The fraction of sp³-hybridized carbons (Fsp3) is 0.310. The highest BCUT2D eigenvalue weighted by atomic mass is 35.5. The van der Waals surface area contributed by atoms with E-state index in [-0.39, 0.29) is 44.8 Å². The minimum Gasteiger partial charge on any atom is -0.403 e. The summed E-state index contributed by atoms with van der Waals surface area (Å²) in [5.41, 5.74) is -0.628. The smallest absolute Gasteiger partial charge is 0.327 e. The van der Waals surface area contributed by atoms with Gasteiger partial charge in [-0.3, -0.25) is 14.9 Å². The lowest BCUT2D eigenvalue weighted by Gasteiger charge is -2.33. The minimum atomic E-state index is -0.897. The van der Waals surface area contributed by atoms with E-state index in [1.54, 1.807) is 16.1 Å². The largest absolute Gasteiger partial charge is 0.403 e. The van der Waals surface area contributed by atoms with E-state index in [1.807, 2.05) is 18.9 Å². The van der Waals surface area contributed by atoms with Gasteiger partial charge in [0.25, 0.3) is 5.89 Å². The molecule has 16 heteroatoms. The summed E-state index contributed by atoms with van der Waals surface area (Å²) in [6, 6.07) is 2.27. The zero-order valence-corrected chi connectivity index (χ0v) is 25.3. The first-order valence-corrected chi connectivity index (χ1v) is 14.6. The molecule has 0 spiro atoms. The second kappa shape index (κ2) is 11.9. The standard InChI is InChI=1S/C29H28ClF2N9O4/c1-4-39-14-21(24(43)15-10-19(31)18(30)12-22(15)39)33-28(44)35-29-37-36-27(45-29)17-13-40(5-2)25-16(23(17)42)11-20(32)26(34-25)41-8-6-38(3)7-9-41/h10-14H,4-9H2,1-3H3,(H2,33,35,37,44). The number of pyridine rings is 3. The minimum absolute atomic E-state index is 0.0140. The first kappa shape index (κ1) is 30.1. The average molecular weight is 640 g/mol. The summed E-state index contributed by atoms with van der Waals surface area (Å²) in [6.45, 7) is 7.20. The molecule has 5 heterocycles. The molecule has 0 unspecified atom stereocenters. The van der Waals surface area contributed by atoms with Crippen LogP contribution in [-0.4, -0.2) is 68.5 Å². The van der Waals surface area contributed by atoms with Crippen LogP contribution in [0.2, 0.25) is 5.02 Å². The fourth-order valence-electron chi connectivity index (χ4n) is 5.28. The molecule has 5 aromatic rings. The number of aromatic nitrogens is 5. The Morgan fingerprint density at radius 2 is 1.64 bits per heavy atom. The van der Waals surface area contributed by atoms with Gasteiger partial charge in [0.2, 0.25) is 10.9 Å². The van der Waals surface area contributed by atoms with Gasteiger partial charge < -0.3 is 28.7 Å². The Bertz CT molecular complexity index is 2090. The summed E-state index contributed by atoms with van der Waals surface area (Å²) < 4.78 is 38.3. The molecular formula is C29H28ClF2N9O4. The second-order valence-electron chi connectivity index (χ2n) is 10.5. The van der Waals surface area contributed by atoms with Gasteiger partial charge in [-0.15, -0.1) is 5.10 Å². The predicted octanol–water partition coefficient (Wildman–Crippen LogP) is 4.13. The lowest BCUT2D eigenvalue weighted by atomic mass is 10.1. The van der Waals surface area contributed by atoms with Gasteiger partial charge in [0.1, 0.15) is 22.7 Å². The average Bonchev–Trinajstić information content (AvgIpc) is 3.48. The number of carbonyl (C=O) groups is 1. The van der Waals surface area contributed by atoms with E-state index in [0.29, 0.717) is 37.3 Å². The van der Waals surface area contributed by atoms with Crippen molar-refractivity contribution in [3.63, 3.8) is 0 Å². The van der Waals surface area contributed by atoms with E-state index in [4.69, 9.17) is 16.0 Å². The van der Waals surface area contributed by atoms with Crippen molar-refractivity contribution in [2.45, 2.75) is 26.9 Å². The summed E-state index contributed by atoms with van der Waals surface area (Å²) in [6.07, 6.45) is 2.90. The summed E-state index contributed by atoms with van der Waals surface area (Å²) >= 11 is 5.89. The highest BCUT2D eigenvalue weighted by Crippen LogP contribution is 2.26. The number of piperazine rings is 1. The molecule has 13 nitrogen and oxygen atoms in total. The first-order valence-electron chi connectivity index (χ1n) is 14.2. The van der Waals surface area contributed by atoms with E-state index >= 15 is 4.39 Å². The van der Waals surface area contributed by atoms with Crippen molar-refractivity contribution in [3.8, 4) is 11.5 Å². The number of nitrogens with one attached hydrogen (secondary N) is 2. The number of halogens is 3. The van der Waals surface area contributed by atoms with Crippen molar-refractivity contribution < 1.29 is 18.0 Å². The molecule has 45 heavy (non-hydrogen) atoms. The van der Waals surface area contributed by atoms with Crippen molar-refractivity contribution in [1.29, 1.82) is 0 Å². The number of aryl methyl sites for hydroxylation is 2. The molecule has 0 bridgehead atoms. The molecule has 1 saturated heterocycles. The maximum Gasteiger partial charge on any atom is 0.327 e. The highest BCUT2D eigenvalue weighted by molar-refractivity contribution is 6.31. The van der Waals surface area contributed by atoms with Gasteiger partial charge in [0.05, 0.1) is 21.3 Å². The summed E-state index contributed by atoms with van der Waals surface area (Å²) in [4.78, 5) is 47.8. The summed E-state index contributed by atoms with van der Waals surface area (Å²) in [5.74, 6) is -1.41. The normalized spacial score (nSPS) is 14.0. The number of carbonyl (C=O) groups excluding carboxylic acids is 1. The van der Waals surface area contributed by atoms with Gasteiger partial charge in [-0.05, 0) is 39.1 Å². The third-order valence-electron chi connectivity index (χ3n) is 7.71. The van der Waals surface area contributed by atoms with E-state index in [0.717, 1.165) is 19.2 Å². The van der Waals surface area contributed by atoms with Crippen LogP contribution >= 0.6 is 11.6 Å². The van der Waals surface area contributed by atoms with Gasteiger partial charge in [0, 0.05) is 51.7 Å². The quantitative estimate of drug-likeness (QED) is 0.280. The third kappa shape index (κ3) is 5.60. The monoisotopic (exact) mass is 639 g/mol. The van der Waals surface area contributed by atoms with E-state index in [2.05, 4.69) is 30.7 Å². The third-order valence-corrected chi connectivity index (χ3v) is 8.00. The van der Waals surface area contributed by atoms with Crippen LogP contribution in [0.4, 0.5) is 31.1 Å². The molecule has 234 valence electrons. The van der Waals surface area contributed by atoms with E-state index in [9.17, 15) is 18.8 Å². The van der Waals surface area contributed by atoms with Gasteiger partial charge in [0.15, 0.2) is 11.6 Å². The van der Waals surface area contributed by atoms with Crippen LogP contribution in [0.15, 0.2) is 44.6 Å². The van der Waals surface area contributed by atoms with Crippen LogP contribution in [0, 0.1) is 11.6 Å². The summed E-state index contributed by atoms with van der Waals surface area (Å²) in [5, 5.41) is 12.4. The molecule has 2 amide bonds. The zero-order chi connectivity index (χ0) is 32.0. The fourth-order valence-corrected chi connectivity index (χ4v) is 5.44. The molecule has 0 aliphatic carbocycles. The number of rotatable bonds is 6. The zero-order valence-electron chi connectivity index (χ0n) is 24.5. The Balaban J connectivity index is 1.27. The van der Waals surface area contributed by atoms with Crippen LogP contribution in [0.3, 0.4) is 0 Å². The van der Waals surface area contributed by atoms with Gasteiger partial charge in [-0.1, -0.05) is 16.7 Å². The Morgan fingerprint density at radius 1 is 0.933 bits per heavy atom. The second-order valence-corrected chi connectivity index (χ2v) is 11.0. The maximum atomic E-state index is 15.3. The van der Waals surface area contributed by atoms with E-state index in [1.165, 1.54) is 24.5 Å². The summed E-state index contributed by atoms with van der Waals surface area (Å²) in [7, 11) is 2.00. The Hall–Kier alpha value is -4.89. The number of fused-ring (bicyclic) bond motifs is 2. The number of benzene rings is 1. The van der Waals surface area contributed by atoms with Crippen LogP contribution < -0.4 is 26.4 Å².